The van der Waals surface area contributed by atoms with Crippen molar-refractivity contribution in [3.63, 3.8) is 0 Å². The molecule has 3 aromatic rings. The summed E-state index contributed by atoms with van der Waals surface area (Å²) in [6, 6.07) is 4.71. The molecule has 0 saturated heterocycles. The lowest BCUT2D eigenvalue weighted by Gasteiger charge is -2.16. The van der Waals surface area contributed by atoms with E-state index in [-0.39, 0.29) is 23.9 Å². The number of nitrogens with one attached hydrogen (secondary N) is 3. The average molecular weight is 419 g/mol. The van der Waals surface area contributed by atoms with E-state index in [9.17, 15) is 18.0 Å². The predicted octanol–water partition coefficient (Wildman–Crippen LogP) is 3.60. The van der Waals surface area contributed by atoms with E-state index in [1.807, 2.05) is 0 Å². The maximum atomic E-state index is 13.4. The fraction of sp³-hybridized carbons (Fsp3) is 0.263. The number of halogens is 3. The normalized spacial score (nSPS) is 11.4. The molecule has 11 heteroatoms. The molecule has 30 heavy (non-hydrogen) atoms. The SMILES string of the molecule is Cc1ccc(C(N)=O)cc1Nc1ncc(C(F)(F)F)c(NCc2c(C)n[nH]c2C)n1. The molecule has 0 fully saturated rings. The van der Waals surface area contributed by atoms with Crippen LogP contribution in [0.4, 0.5) is 30.6 Å². The van der Waals surface area contributed by atoms with Gasteiger partial charge in [0.05, 0.1) is 5.69 Å². The first-order valence-electron chi connectivity index (χ1n) is 8.92. The number of alkyl halides is 3. The highest BCUT2D eigenvalue weighted by Crippen LogP contribution is 2.34. The maximum absolute atomic E-state index is 13.4. The Labute approximate surface area is 170 Å². The van der Waals surface area contributed by atoms with Crippen molar-refractivity contribution in [2.45, 2.75) is 33.5 Å². The molecule has 2 heterocycles. The van der Waals surface area contributed by atoms with Gasteiger partial charge in [0, 0.05) is 35.2 Å². The number of anilines is 3. The smallest absolute Gasteiger partial charge is 0.366 e. The quantitative estimate of drug-likeness (QED) is 0.484. The second kappa shape index (κ2) is 8.01. The Morgan fingerprint density at radius 2 is 1.97 bits per heavy atom. The van der Waals surface area contributed by atoms with E-state index in [1.54, 1.807) is 32.9 Å². The van der Waals surface area contributed by atoms with Gasteiger partial charge in [-0.15, -0.1) is 0 Å². The summed E-state index contributed by atoms with van der Waals surface area (Å²) in [6.45, 7) is 5.40. The van der Waals surface area contributed by atoms with Gasteiger partial charge in [0.2, 0.25) is 11.9 Å². The van der Waals surface area contributed by atoms with Gasteiger partial charge < -0.3 is 16.4 Å². The topological polar surface area (TPSA) is 122 Å². The maximum Gasteiger partial charge on any atom is 0.421 e. The van der Waals surface area contributed by atoms with Gasteiger partial charge >= 0.3 is 6.18 Å². The van der Waals surface area contributed by atoms with Crippen molar-refractivity contribution < 1.29 is 18.0 Å². The number of aryl methyl sites for hydroxylation is 3. The molecular formula is C19H20F3N7O. The van der Waals surface area contributed by atoms with E-state index in [1.165, 1.54) is 6.07 Å². The van der Waals surface area contributed by atoms with Crippen LogP contribution >= 0.6 is 0 Å². The lowest BCUT2D eigenvalue weighted by Crippen LogP contribution is -2.15. The molecule has 5 N–H and O–H groups in total. The molecule has 0 unspecified atom stereocenters. The van der Waals surface area contributed by atoms with Crippen LogP contribution in [-0.2, 0) is 12.7 Å². The Morgan fingerprint density at radius 1 is 1.23 bits per heavy atom. The summed E-state index contributed by atoms with van der Waals surface area (Å²) in [5, 5.41) is 12.4. The van der Waals surface area contributed by atoms with Crippen molar-refractivity contribution in [3.05, 3.63) is 58.0 Å². The van der Waals surface area contributed by atoms with Crippen LogP contribution in [0.2, 0.25) is 0 Å². The first-order chi connectivity index (χ1) is 14.1. The minimum atomic E-state index is -4.64. The Balaban J connectivity index is 1.93. The zero-order valence-corrected chi connectivity index (χ0v) is 16.5. The molecule has 2 aromatic heterocycles. The van der Waals surface area contributed by atoms with Gasteiger partial charge in [0.15, 0.2) is 0 Å². The molecule has 0 radical (unpaired) electrons. The van der Waals surface area contributed by atoms with Crippen LogP contribution in [0.15, 0.2) is 24.4 Å². The Hall–Kier alpha value is -3.63. The summed E-state index contributed by atoms with van der Waals surface area (Å²) in [5.74, 6) is -1.06. The molecule has 0 spiro atoms. The standard InChI is InChI=1S/C19H20F3N7O/c1-9-4-5-12(16(23)30)6-15(9)26-18-25-8-14(19(20,21)22)17(27-18)24-7-13-10(2)28-29-11(13)3/h4-6,8H,7H2,1-3H3,(H2,23,30)(H,28,29)(H2,24,25,26,27). The summed E-state index contributed by atoms with van der Waals surface area (Å²) in [7, 11) is 0. The molecule has 0 saturated carbocycles. The molecule has 1 amide bonds. The number of nitrogens with two attached hydrogens (primary N) is 1. The molecule has 0 aliphatic carbocycles. The lowest BCUT2D eigenvalue weighted by molar-refractivity contribution is -0.137. The molecular weight excluding hydrogens is 399 g/mol. The summed E-state index contributed by atoms with van der Waals surface area (Å²) in [5.41, 5.74) is 7.92. The van der Waals surface area contributed by atoms with Crippen molar-refractivity contribution >= 4 is 23.4 Å². The van der Waals surface area contributed by atoms with Gasteiger partial charge in [-0.25, -0.2) is 4.98 Å². The molecule has 0 aliphatic heterocycles. The number of H-pyrrole nitrogens is 1. The second-order valence-corrected chi connectivity index (χ2v) is 6.74. The van der Waals surface area contributed by atoms with Crippen molar-refractivity contribution in [1.29, 1.82) is 0 Å². The lowest BCUT2D eigenvalue weighted by atomic mass is 10.1. The van der Waals surface area contributed by atoms with Crippen molar-refractivity contribution in [3.8, 4) is 0 Å². The first kappa shape index (κ1) is 21.1. The van der Waals surface area contributed by atoms with Crippen LogP contribution in [0.3, 0.4) is 0 Å². The number of primary amides is 1. The van der Waals surface area contributed by atoms with Gasteiger partial charge in [-0.2, -0.15) is 23.3 Å². The molecule has 0 atom stereocenters. The summed E-state index contributed by atoms with van der Waals surface area (Å²) >= 11 is 0. The van der Waals surface area contributed by atoms with E-state index in [0.717, 1.165) is 16.8 Å². The van der Waals surface area contributed by atoms with Gasteiger partial charge in [-0.3, -0.25) is 9.89 Å². The highest BCUT2D eigenvalue weighted by atomic mass is 19.4. The van der Waals surface area contributed by atoms with Crippen LogP contribution in [0, 0.1) is 20.8 Å². The van der Waals surface area contributed by atoms with Gasteiger partial charge in [0.25, 0.3) is 0 Å². The van der Waals surface area contributed by atoms with E-state index in [2.05, 4.69) is 30.8 Å². The van der Waals surface area contributed by atoms with Crippen LogP contribution < -0.4 is 16.4 Å². The number of hydrogen-bond donors (Lipinski definition) is 4. The fourth-order valence-corrected chi connectivity index (χ4v) is 2.82. The third-order valence-electron chi connectivity index (χ3n) is 4.58. The van der Waals surface area contributed by atoms with Crippen molar-refractivity contribution in [2.75, 3.05) is 10.6 Å². The monoisotopic (exact) mass is 419 g/mol. The van der Waals surface area contributed by atoms with Crippen molar-refractivity contribution in [1.82, 2.24) is 20.2 Å². The van der Waals surface area contributed by atoms with E-state index < -0.39 is 17.6 Å². The average Bonchev–Trinajstić information content (AvgIpc) is 2.98. The zero-order valence-electron chi connectivity index (χ0n) is 16.5. The third kappa shape index (κ3) is 4.50. The van der Waals surface area contributed by atoms with Crippen LogP contribution in [0.1, 0.15) is 38.4 Å². The summed E-state index contributed by atoms with van der Waals surface area (Å²) < 4.78 is 40.3. The number of carbonyl (C=O) groups is 1. The van der Waals surface area contributed by atoms with Crippen LogP contribution in [-0.4, -0.2) is 26.1 Å². The number of aromatic nitrogens is 4. The Bertz CT molecular complexity index is 1070. The molecule has 0 bridgehead atoms. The van der Waals surface area contributed by atoms with Crippen molar-refractivity contribution in [2.24, 2.45) is 5.73 Å². The Kier molecular flexibility index (Phi) is 5.63. The predicted molar refractivity (Wildman–Crippen MR) is 105 cm³/mol. The molecule has 8 nitrogen and oxygen atoms in total. The molecule has 158 valence electrons. The highest BCUT2D eigenvalue weighted by molar-refractivity contribution is 5.94. The fourth-order valence-electron chi connectivity index (χ4n) is 2.82. The number of rotatable bonds is 6. The molecule has 1 aromatic carbocycles. The van der Waals surface area contributed by atoms with E-state index in [0.29, 0.717) is 17.6 Å². The minimum Gasteiger partial charge on any atom is -0.366 e. The van der Waals surface area contributed by atoms with Gasteiger partial charge in [-0.1, -0.05) is 6.07 Å². The molecule has 0 aliphatic rings. The second-order valence-electron chi connectivity index (χ2n) is 6.74. The number of amides is 1. The first-order valence-corrected chi connectivity index (χ1v) is 8.92. The number of hydrogen-bond acceptors (Lipinski definition) is 6. The van der Waals surface area contributed by atoms with E-state index >= 15 is 0 Å². The van der Waals surface area contributed by atoms with Gasteiger partial charge in [0.1, 0.15) is 11.4 Å². The number of benzene rings is 1. The minimum absolute atomic E-state index is 0.0594. The summed E-state index contributed by atoms with van der Waals surface area (Å²) in [4.78, 5) is 19.2. The number of nitrogens with zero attached hydrogens (tertiary/aromatic N) is 3. The zero-order chi connectivity index (χ0) is 22.1. The number of carbonyl (C=O) groups excluding carboxylic acids is 1. The van der Waals surface area contributed by atoms with E-state index in [4.69, 9.17) is 5.73 Å². The van der Waals surface area contributed by atoms with Gasteiger partial charge in [-0.05, 0) is 38.5 Å². The summed E-state index contributed by atoms with van der Waals surface area (Å²) in [6.07, 6.45) is -3.93. The third-order valence-corrected chi connectivity index (χ3v) is 4.58. The molecule has 3 rings (SSSR count). The largest absolute Gasteiger partial charge is 0.421 e. The van der Waals surface area contributed by atoms with Crippen LogP contribution in [0.5, 0.6) is 0 Å². The highest BCUT2D eigenvalue weighted by Gasteiger charge is 2.35. The van der Waals surface area contributed by atoms with Crippen LogP contribution in [0.25, 0.3) is 0 Å². The number of aromatic amines is 1. The Morgan fingerprint density at radius 3 is 2.57 bits per heavy atom.